The van der Waals surface area contributed by atoms with Crippen molar-refractivity contribution in [1.82, 2.24) is 10.6 Å². The Morgan fingerprint density at radius 3 is 2.59 bits per heavy atom. The minimum absolute atomic E-state index is 0. The standard InChI is InChI=1S/C24H25ClN4O2.HI/c1-26-23(28-16-24(10-11-24)18-6-3-7-19(25)14-18)27-15-17-5-2-8-20(13-17)29-22(30)21-9-4-12-31-21;/h2-9,12-14H,10-11,15-16H2,1H3,(H,29,30)(H2,26,27,28);1H. The minimum atomic E-state index is -0.275. The third kappa shape index (κ3) is 6.04. The molecule has 0 saturated heterocycles. The molecule has 1 aromatic heterocycles. The largest absolute Gasteiger partial charge is 0.459 e. The molecule has 1 aliphatic rings. The molecule has 0 aliphatic heterocycles. The molecule has 0 unspecified atom stereocenters. The molecule has 168 valence electrons. The molecule has 0 radical (unpaired) electrons. The van der Waals surface area contributed by atoms with Gasteiger partial charge in [-0.05, 0) is 60.4 Å². The van der Waals surface area contributed by atoms with Crippen LogP contribution >= 0.6 is 35.6 Å². The monoisotopic (exact) mass is 564 g/mol. The van der Waals surface area contributed by atoms with E-state index in [1.165, 1.54) is 11.8 Å². The van der Waals surface area contributed by atoms with Crippen molar-refractivity contribution in [1.29, 1.82) is 0 Å². The van der Waals surface area contributed by atoms with Gasteiger partial charge in [0, 0.05) is 36.3 Å². The first-order valence-electron chi connectivity index (χ1n) is 10.2. The lowest BCUT2D eigenvalue weighted by molar-refractivity contribution is 0.0996. The van der Waals surface area contributed by atoms with Crippen LogP contribution in [0.1, 0.15) is 34.5 Å². The lowest BCUT2D eigenvalue weighted by atomic mass is 9.96. The summed E-state index contributed by atoms with van der Waals surface area (Å²) in [6.07, 6.45) is 3.75. The van der Waals surface area contributed by atoms with Crippen molar-refractivity contribution in [2.45, 2.75) is 24.8 Å². The maximum Gasteiger partial charge on any atom is 0.291 e. The first-order chi connectivity index (χ1) is 15.1. The van der Waals surface area contributed by atoms with E-state index in [9.17, 15) is 4.79 Å². The summed E-state index contributed by atoms with van der Waals surface area (Å²) < 4.78 is 5.13. The molecule has 2 aromatic carbocycles. The van der Waals surface area contributed by atoms with Gasteiger partial charge in [0.2, 0.25) is 0 Å². The van der Waals surface area contributed by atoms with Crippen LogP contribution in [0.25, 0.3) is 0 Å². The van der Waals surface area contributed by atoms with E-state index in [0.717, 1.165) is 35.9 Å². The predicted octanol–water partition coefficient (Wildman–Crippen LogP) is 5.20. The van der Waals surface area contributed by atoms with E-state index in [1.54, 1.807) is 19.2 Å². The Morgan fingerprint density at radius 2 is 1.91 bits per heavy atom. The van der Waals surface area contributed by atoms with Crippen LogP contribution in [0.15, 0.2) is 76.3 Å². The van der Waals surface area contributed by atoms with Gasteiger partial charge >= 0.3 is 0 Å². The van der Waals surface area contributed by atoms with Gasteiger partial charge in [-0.1, -0.05) is 35.9 Å². The van der Waals surface area contributed by atoms with E-state index < -0.39 is 0 Å². The van der Waals surface area contributed by atoms with Crippen molar-refractivity contribution < 1.29 is 9.21 Å². The van der Waals surface area contributed by atoms with Crippen molar-refractivity contribution in [3.8, 4) is 0 Å². The lowest BCUT2D eigenvalue weighted by Crippen LogP contribution is -2.40. The van der Waals surface area contributed by atoms with Crippen molar-refractivity contribution in [3.63, 3.8) is 0 Å². The van der Waals surface area contributed by atoms with Gasteiger partial charge in [0.15, 0.2) is 11.7 Å². The van der Waals surface area contributed by atoms with Crippen molar-refractivity contribution in [2.24, 2.45) is 4.99 Å². The number of aliphatic imine (C=N–C) groups is 1. The quantitative estimate of drug-likeness (QED) is 0.209. The highest BCUT2D eigenvalue weighted by Crippen LogP contribution is 2.48. The number of benzene rings is 2. The molecule has 0 atom stereocenters. The zero-order valence-electron chi connectivity index (χ0n) is 17.7. The average Bonchev–Trinajstić information content (AvgIpc) is 3.36. The fourth-order valence-electron chi connectivity index (χ4n) is 3.56. The summed E-state index contributed by atoms with van der Waals surface area (Å²) >= 11 is 6.17. The predicted molar refractivity (Wildman–Crippen MR) is 139 cm³/mol. The Balaban J connectivity index is 0.00000289. The zero-order valence-corrected chi connectivity index (χ0v) is 20.8. The van der Waals surface area contributed by atoms with Crippen LogP contribution in [0.3, 0.4) is 0 Å². The van der Waals surface area contributed by atoms with E-state index in [0.29, 0.717) is 12.2 Å². The number of amides is 1. The smallest absolute Gasteiger partial charge is 0.291 e. The number of carbonyl (C=O) groups excluding carboxylic acids is 1. The molecule has 3 aromatic rings. The Hall–Kier alpha value is -2.52. The third-order valence-electron chi connectivity index (χ3n) is 5.50. The van der Waals surface area contributed by atoms with Crippen LogP contribution in [0, 0.1) is 0 Å². The highest BCUT2D eigenvalue weighted by molar-refractivity contribution is 14.0. The second-order valence-corrected chi connectivity index (χ2v) is 8.14. The fourth-order valence-corrected chi connectivity index (χ4v) is 3.75. The Bertz CT molecular complexity index is 1080. The van der Waals surface area contributed by atoms with E-state index >= 15 is 0 Å². The van der Waals surface area contributed by atoms with E-state index in [1.807, 2.05) is 36.4 Å². The molecule has 32 heavy (non-hydrogen) atoms. The van der Waals surface area contributed by atoms with Crippen LogP contribution in [-0.2, 0) is 12.0 Å². The number of halogens is 2. The Morgan fingerprint density at radius 1 is 1.09 bits per heavy atom. The summed E-state index contributed by atoms with van der Waals surface area (Å²) in [6, 6.07) is 19.1. The number of guanidine groups is 1. The van der Waals surface area contributed by atoms with Crippen molar-refractivity contribution in [3.05, 3.63) is 88.8 Å². The van der Waals surface area contributed by atoms with Gasteiger partial charge in [-0.3, -0.25) is 9.79 Å². The summed E-state index contributed by atoms with van der Waals surface area (Å²) in [7, 11) is 1.76. The SMILES string of the molecule is CN=C(NCc1cccc(NC(=O)c2ccco2)c1)NCC1(c2cccc(Cl)c2)CC1.I. The highest BCUT2D eigenvalue weighted by atomic mass is 127. The maximum absolute atomic E-state index is 12.2. The zero-order chi connectivity index (χ0) is 21.7. The summed E-state index contributed by atoms with van der Waals surface area (Å²) in [5, 5.41) is 10.4. The molecule has 0 bridgehead atoms. The molecule has 6 nitrogen and oxygen atoms in total. The average molecular weight is 565 g/mol. The number of hydrogen-bond acceptors (Lipinski definition) is 3. The first-order valence-corrected chi connectivity index (χ1v) is 10.6. The topological polar surface area (TPSA) is 78.7 Å². The maximum atomic E-state index is 12.2. The molecule has 1 saturated carbocycles. The van der Waals surface area contributed by atoms with Gasteiger partial charge in [0.1, 0.15) is 0 Å². The van der Waals surface area contributed by atoms with E-state index in [2.05, 4.69) is 33.1 Å². The summed E-state index contributed by atoms with van der Waals surface area (Å²) in [5.41, 5.74) is 3.12. The summed E-state index contributed by atoms with van der Waals surface area (Å²) in [6.45, 7) is 1.38. The summed E-state index contributed by atoms with van der Waals surface area (Å²) in [4.78, 5) is 16.5. The molecule has 1 heterocycles. The van der Waals surface area contributed by atoms with Crippen molar-refractivity contribution >= 4 is 53.1 Å². The number of furan rings is 1. The van der Waals surface area contributed by atoms with Gasteiger partial charge in [0.05, 0.1) is 6.26 Å². The van der Waals surface area contributed by atoms with Crippen LogP contribution < -0.4 is 16.0 Å². The van der Waals surface area contributed by atoms with Crippen LogP contribution in [0.4, 0.5) is 5.69 Å². The van der Waals surface area contributed by atoms with Crippen LogP contribution in [-0.4, -0.2) is 25.5 Å². The van der Waals surface area contributed by atoms with Gasteiger partial charge in [-0.25, -0.2) is 0 Å². The Labute approximate surface area is 209 Å². The fraction of sp³-hybridized carbons (Fsp3) is 0.250. The van der Waals surface area contributed by atoms with Crippen LogP contribution in [0.2, 0.25) is 5.02 Å². The molecular weight excluding hydrogens is 539 g/mol. The molecular formula is C24H26ClIN4O2. The second-order valence-electron chi connectivity index (χ2n) is 7.70. The number of hydrogen-bond donors (Lipinski definition) is 3. The molecule has 8 heteroatoms. The second kappa shape index (κ2) is 10.9. The van der Waals surface area contributed by atoms with Gasteiger partial charge in [0.25, 0.3) is 5.91 Å². The summed E-state index contributed by atoms with van der Waals surface area (Å²) in [5.74, 6) is 0.739. The molecule has 3 N–H and O–H groups in total. The van der Waals surface area contributed by atoms with E-state index in [-0.39, 0.29) is 41.1 Å². The highest BCUT2D eigenvalue weighted by Gasteiger charge is 2.44. The number of carbonyl (C=O) groups is 1. The molecule has 4 rings (SSSR count). The number of nitrogens with one attached hydrogen (secondary N) is 3. The molecule has 1 fully saturated rings. The number of rotatable bonds is 7. The van der Waals surface area contributed by atoms with Gasteiger partial charge in [-0.15, -0.1) is 24.0 Å². The van der Waals surface area contributed by atoms with E-state index in [4.69, 9.17) is 16.0 Å². The van der Waals surface area contributed by atoms with Crippen molar-refractivity contribution in [2.75, 3.05) is 18.9 Å². The number of anilines is 1. The first kappa shape index (κ1) is 24.1. The normalized spacial score (nSPS) is 14.2. The van der Waals surface area contributed by atoms with Gasteiger partial charge < -0.3 is 20.4 Å². The third-order valence-corrected chi connectivity index (χ3v) is 5.73. The molecule has 1 aliphatic carbocycles. The number of nitrogens with zero attached hydrogens (tertiary/aromatic N) is 1. The van der Waals surface area contributed by atoms with Crippen LogP contribution in [0.5, 0.6) is 0 Å². The minimum Gasteiger partial charge on any atom is -0.459 e. The molecule has 1 amide bonds. The molecule has 0 spiro atoms. The Kier molecular flexibility index (Phi) is 8.20. The van der Waals surface area contributed by atoms with Gasteiger partial charge in [-0.2, -0.15) is 0 Å². The lowest BCUT2D eigenvalue weighted by Gasteiger charge is -2.19.